The molecule has 0 bridgehead atoms. The first-order valence-electron chi connectivity index (χ1n) is 15.5. The molecule has 3 aromatic rings. The van der Waals surface area contributed by atoms with Crippen LogP contribution in [0.3, 0.4) is 0 Å². The highest BCUT2D eigenvalue weighted by molar-refractivity contribution is 5.86. The molecule has 1 unspecified atom stereocenters. The fourth-order valence-electron chi connectivity index (χ4n) is 5.75. The first-order valence-corrected chi connectivity index (χ1v) is 15.5. The zero-order valence-electron chi connectivity index (χ0n) is 26.2. The van der Waals surface area contributed by atoms with Crippen LogP contribution >= 0.6 is 0 Å². The molecule has 2 aromatic carbocycles. The second-order valence-electron chi connectivity index (χ2n) is 12.0. The highest BCUT2D eigenvalue weighted by Crippen LogP contribution is 2.38. The summed E-state index contributed by atoms with van der Waals surface area (Å²) in [6.45, 7) is 15.3. The number of oxazole rings is 1. The molecule has 2 heterocycles. The first kappa shape index (κ1) is 31.4. The normalized spacial score (nSPS) is 15.0. The Morgan fingerprint density at radius 2 is 1.55 bits per heavy atom. The number of hydrogen-bond acceptors (Lipinski definition) is 6. The van der Waals surface area contributed by atoms with Crippen LogP contribution in [0, 0.1) is 0 Å². The van der Waals surface area contributed by atoms with Crippen LogP contribution in [0.2, 0.25) is 0 Å². The fourth-order valence-corrected chi connectivity index (χ4v) is 5.75. The quantitative estimate of drug-likeness (QED) is 0.218. The number of nitrogens with zero attached hydrogens (tertiary/aromatic N) is 2. The Bertz CT molecular complexity index is 1440. The summed E-state index contributed by atoms with van der Waals surface area (Å²) in [7, 11) is 0. The highest BCUT2D eigenvalue weighted by Gasteiger charge is 2.33. The van der Waals surface area contributed by atoms with Crippen LogP contribution in [0.15, 0.2) is 39.5 Å². The van der Waals surface area contributed by atoms with Crippen molar-refractivity contribution in [2.24, 2.45) is 0 Å². The Morgan fingerprint density at radius 3 is 2.12 bits per heavy atom. The van der Waals surface area contributed by atoms with E-state index in [1.807, 2.05) is 44.2 Å². The van der Waals surface area contributed by atoms with Gasteiger partial charge in [0.2, 0.25) is 6.10 Å². The number of carbonyl (C=O) groups excluding carboxylic acids is 2. The number of ether oxygens (including phenoxy) is 2. The molecule has 2 atom stereocenters. The molecule has 1 aromatic heterocycles. The molecule has 1 saturated heterocycles. The molecule has 4 rings (SSSR count). The van der Waals surface area contributed by atoms with E-state index in [1.165, 1.54) is 0 Å². The van der Waals surface area contributed by atoms with Crippen LogP contribution in [0.4, 0.5) is 0 Å². The lowest BCUT2D eigenvalue weighted by atomic mass is 9.98. The molecule has 1 amide bonds. The molecule has 0 aliphatic carbocycles. The third kappa shape index (κ3) is 6.58. The van der Waals surface area contributed by atoms with Gasteiger partial charge < -0.3 is 18.8 Å². The Kier molecular flexibility index (Phi) is 10.2. The number of likely N-dealkylation sites (tertiary alicyclic amines) is 1. The molecule has 1 fully saturated rings. The van der Waals surface area contributed by atoms with Gasteiger partial charge in [0, 0.05) is 30.3 Å². The van der Waals surface area contributed by atoms with E-state index >= 15 is 0 Å². The maximum absolute atomic E-state index is 13.9. The second-order valence-corrected chi connectivity index (χ2v) is 12.0. The van der Waals surface area contributed by atoms with Crippen LogP contribution in [-0.4, -0.2) is 40.5 Å². The van der Waals surface area contributed by atoms with Crippen molar-refractivity contribution < 1.29 is 23.5 Å². The largest absolute Gasteiger partial charge is 0.473 e. The van der Waals surface area contributed by atoms with E-state index in [0.717, 1.165) is 47.9 Å². The standard InChI is InChI=1S/C34H46N2O6/c1-8-12-26-20-28-31(42-34(39)36(28)22(5)6)27(13-9-2)29(26)41-30(25-16-14-24(15-17-25)21(3)4)33(38)40-23(7)32(37)35-18-10-11-19-35/h14-17,20-23,30H,8-13,18-19H2,1-7H3/t23-,30?/m1/s1. The SMILES string of the molecule is CCCc1cc2c(oc(=O)n2C(C)C)c(CCC)c1OC(C(=O)O[C@H](C)C(=O)N1CCCC1)c1ccc(C(C)C)cc1. The average Bonchev–Trinajstić information content (AvgIpc) is 3.60. The van der Waals surface area contributed by atoms with Crippen molar-refractivity contribution >= 4 is 23.0 Å². The minimum absolute atomic E-state index is 0.0775. The van der Waals surface area contributed by atoms with Crippen LogP contribution in [0.1, 0.15) is 114 Å². The third-order valence-corrected chi connectivity index (χ3v) is 7.98. The van der Waals surface area contributed by atoms with Crippen molar-refractivity contribution in [2.75, 3.05) is 13.1 Å². The number of rotatable bonds is 12. The summed E-state index contributed by atoms with van der Waals surface area (Å²) in [6, 6.07) is 9.65. The van der Waals surface area contributed by atoms with E-state index in [1.54, 1.807) is 16.4 Å². The molecule has 8 nitrogen and oxygen atoms in total. The van der Waals surface area contributed by atoms with E-state index < -0.39 is 23.9 Å². The monoisotopic (exact) mass is 578 g/mol. The second kappa shape index (κ2) is 13.6. The molecular weight excluding hydrogens is 532 g/mol. The van der Waals surface area contributed by atoms with Gasteiger partial charge in [0.15, 0.2) is 11.7 Å². The van der Waals surface area contributed by atoms with E-state index in [4.69, 9.17) is 13.9 Å². The zero-order valence-corrected chi connectivity index (χ0v) is 26.2. The van der Waals surface area contributed by atoms with Crippen LogP contribution in [-0.2, 0) is 27.2 Å². The highest BCUT2D eigenvalue weighted by atomic mass is 16.6. The van der Waals surface area contributed by atoms with Gasteiger partial charge in [0.05, 0.1) is 5.52 Å². The van der Waals surface area contributed by atoms with Gasteiger partial charge >= 0.3 is 11.7 Å². The first-order chi connectivity index (χ1) is 20.1. The molecule has 228 valence electrons. The molecule has 0 spiro atoms. The molecule has 0 N–H and O–H groups in total. The number of carbonyl (C=O) groups is 2. The predicted molar refractivity (Wildman–Crippen MR) is 164 cm³/mol. The number of aryl methyl sites for hydroxylation is 2. The van der Waals surface area contributed by atoms with Gasteiger partial charge in [0.25, 0.3) is 5.91 Å². The number of benzene rings is 2. The van der Waals surface area contributed by atoms with Crippen molar-refractivity contribution in [3.8, 4) is 5.75 Å². The van der Waals surface area contributed by atoms with Gasteiger partial charge in [-0.1, -0.05) is 64.8 Å². The Morgan fingerprint density at radius 1 is 0.929 bits per heavy atom. The lowest BCUT2D eigenvalue weighted by Gasteiger charge is -2.25. The topological polar surface area (TPSA) is 91.0 Å². The summed E-state index contributed by atoms with van der Waals surface area (Å²) in [6.07, 6.45) is 2.80. The predicted octanol–water partition coefficient (Wildman–Crippen LogP) is 6.88. The summed E-state index contributed by atoms with van der Waals surface area (Å²) in [5.74, 6) is -0.355. The summed E-state index contributed by atoms with van der Waals surface area (Å²) in [5.41, 5.74) is 4.68. The number of amides is 1. The Hall–Kier alpha value is -3.55. The third-order valence-electron chi connectivity index (χ3n) is 7.98. The van der Waals surface area contributed by atoms with Gasteiger partial charge in [-0.2, -0.15) is 0 Å². The lowest BCUT2D eigenvalue weighted by Crippen LogP contribution is -2.39. The molecule has 42 heavy (non-hydrogen) atoms. The summed E-state index contributed by atoms with van der Waals surface area (Å²) in [4.78, 5) is 41.5. The van der Waals surface area contributed by atoms with E-state index in [0.29, 0.717) is 48.7 Å². The molecule has 1 aliphatic heterocycles. The fraction of sp³-hybridized carbons (Fsp3) is 0.559. The lowest BCUT2D eigenvalue weighted by molar-refractivity contribution is -0.164. The van der Waals surface area contributed by atoms with Crippen molar-refractivity contribution in [2.45, 2.75) is 111 Å². The van der Waals surface area contributed by atoms with Gasteiger partial charge in [0.1, 0.15) is 5.75 Å². The molecular formula is C34H46N2O6. The molecule has 0 saturated carbocycles. The van der Waals surface area contributed by atoms with Gasteiger partial charge in [-0.05, 0) is 69.6 Å². The Balaban J connectivity index is 1.81. The number of aromatic nitrogens is 1. The van der Waals surface area contributed by atoms with E-state index in [-0.39, 0.29) is 11.9 Å². The average molecular weight is 579 g/mol. The van der Waals surface area contributed by atoms with Crippen LogP contribution in [0.25, 0.3) is 11.1 Å². The van der Waals surface area contributed by atoms with Crippen molar-refractivity contribution in [3.05, 3.63) is 63.1 Å². The van der Waals surface area contributed by atoms with Crippen molar-refractivity contribution in [3.63, 3.8) is 0 Å². The summed E-state index contributed by atoms with van der Waals surface area (Å²) >= 11 is 0. The zero-order chi connectivity index (χ0) is 30.6. The smallest absolute Gasteiger partial charge is 0.420 e. The maximum atomic E-state index is 13.9. The van der Waals surface area contributed by atoms with Gasteiger partial charge in [-0.25, -0.2) is 9.59 Å². The number of fused-ring (bicyclic) bond motifs is 1. The molecule has 0 radical (unpaired) electrons. The number of esters is 1. The van der Waals surface area contributed by atoms with Crippen LogP contribution < -0.4 is 10.5 Å². The van der Waals surface area contributed by atoms with Gasteiger partial charge in [-0.15, -0.1) is 0 Å². The maximum Gasteiger partial charge on any atom is 0.420 e. The number of hydrogen-bond donors (Lipinski definition) is 0. The van der Waals surface area contributed by atoms with E-state index in [2.05, 4.69) is 27.7 Å². The Labute approximate surface area is 249 Å². The minimum atomic E-state index is -1.11. The van der Waals surface area contributed by atoms with E-state index in [9.17, 15) is 14.4 Å². The van der Waals surface area contributed by atoms with Crippen LogP contribution in [0.5, 0.6) is 5.75 Å². The minimum Gasteiger partial charge on any atom is -0.473 e. The summed E-state index contributed by atoms with van der Waals surface area (Å²) in [5, 5.41) is 0. The summed E-state index contributed by atoms with van der Waals surface area (Å²) < 4.78 is 20.0. The van der Waals surface area contributed by atoms with Crippen molar-refractivity contribution in [1.82, 2.24) is 9.47 Å². The van der Waals surface area contributed by atoms with Crippen molar-refractivity contribution in [1.29, 1.82) is 0 Å². The van der Waals surface area contributed by atoms with Gasteiger partial charge in [-0.3, -0.25) is 9.36 Å². The molecule has 1 aliphatic rings. The molecule has 8 heteroatoms.